The van der Waals surface area contributed by atoms with E-state index >= 15 is 0 Å². The number of hydrogen-bond acceptors (Lipinski definition) is 3. The van der Waals surface area contributed by atoms with E-state index in [4.69, 9.17) is 5.73 Å². The molecule has 0 saturated heterocycles. The summed E-state index contributed by atoms with van der Waals surface area (Å²) in [7, 11) is 0. The van der Waals surface area contributed by atoms with Crippen LogP contribution >= 0.6 is 0 Å². The second-order valence-electron chi connectivity index (χ2n) is 7.60. The minimum Gasteiger partial charge on any atom is -0.320 e. The number of anilines is 1. The van der Waals surface area contributed by atoms with Crippen molar-refractivity contribution >= 4 is 11.6 Å². The number of pyridine rings is 1. The van der Waals surface area contributed by atoms with Gasteiger partial charge in [0.2, 0.25) is 11.3 Å². The topological polar surface area (TPSA) is 77.1 Å². The molecule has 0 radical (unpaired) electrons. The molecule has 0 unspecified atom stereocenters. The molecule has 1 aromatic heterocycles. The zero-order valence-corrected chi connectivity index (χ0v) is 15.8. The molecule has 1 amide bonds. The van der Waals surface area contributed by atoms with Gasteiger partial charge >= 0.3 is 0 Å². The first-order valence-corrected chi connectivity index (χ1v) is 8.42. The summed E-state index contributed by atoms with van der Waals surface area (Å²) in [4.78, 5) is 24.1. The molecule has 5 nitrogen and oxygen atoms in total. The maximum Gasteiger partial charge on any atom is 0.241 e. The van der Waals surface area contributed by atoms with Crippen LogP contribution in [0.2, 0.25) is 0 Å². The third-order valence-corrected chi connectivity index (χ3v) is 4.21. The average Bonchev–Trinajstić information content (AvgIpc) is 2.49. The summed E-state index contributed by atoms with van der Waals surface area (Å²) in [5.41, 5.74) is 9.63. The molecule has 0 aliphatic rings. The first-order chi connectivity index (χ1) is 11.5. The Morgan fingerprint density at radius 3 is 2.40 bits per heavy atom. The second kappa shape index (κ2) is 6.84. The molecule has 1 aromatic carbocycles. The summed E-state index contributed by atoms with van der Waals surface area (Å²) in [6.45, 7) is 11.9. The second-order valence-corrected chi connectivity index (χ2v) is 7.60. The number of carbonyl (C=O) groups is 1. The van der Waals surface area contributed by atoms with Crippen LogP contribution in [0.1, 0.15) is 44.5 Å². The fourth-order valence-electron chi connectivity index (χ4n) is 2.64. The highest BCUT2D eigenvalue weighted by Crippen LogP contribution is 2.27. The number of rotatable bonds is 3. The molecule has 1 atom stereocenters. The monoisotopic (exact) mass is 341 g/mol. The van der Waals surface area contributed by atoms with E-state index in [2.05, 4.69) is 51.2 Å². The lowest BCUT2D eigenvalue weighted by Gasteiger charge is -2.22. The van der Waals surface area contributed by atoms with Gasteiger partial charge in [0.15, 0.2) is 0 Å². The molecule has 0 bridgehead atoms. The van der Waals surface area contributed by atoms with E-state index < -0.39 is 6.04 Å². The van der Waals surface area contributed by atoms with Gasteiger partial charge in [0.25, 0.3) is 0 Å². The number of nitrogens with two attached hydrogens (primary N) is 1. The summed E-state index contributed by atoms with van der Waals surface area (Å²) < 4.78 is 1.92. The molecule has 134 valence electrons. The highest BCUT2D eigenvalue weighted by Gasteiger charge is 2.17. The van der Waals surface area contributed by atoms with Crippen LogP contribution in [0.15, 0.2) is 35.3 Å². The molecule has 0 aliphatic carbocycles. The number of benzene rings is 1. The molecular weight excluding hydrogens is 314 g/mol. The Morgan fingerprint density at radius 2 is 1.84 bits per heavy atom. The Kier molecular flexibility index (Phi) is 5.18. The van der Waals surface area contributed by atoms with Crippen LogP contribution in [0, 0.1) is 13.8 Å². The van der Waals surface area contributed by atoms with E-state index in [0.717, 1.165) is 11.3 Å². The van der Waals surface area contributed by atoms with Gasteiger partial charge in [0, 0.05) is 23.6 Å². The van der Waals surface area contributed by atoms with Gasteiger partial charge in [-0.05, 0) is 49.4 Å². The van der Waals surface area contributed by atoms with Crippen molar-refractivity contribution in [1.29, 1.82) is 0 Å². The van der Waals surface area contributed by atoms with Crippen molar-refractivity contribution in [2.45, 2.75) is 53.0 Å². The molecule has 3 N–H and O–H groups in total. The lowest BCUT2D eigenvalue weighted by atomic mass is 9.86. The van der Waals surface area contributed by atoms with Crippen LogP contribution in [-0.4, -0.2) is 16.5 Å². The quantitative estimate of drug-likeness (QED) is 0.901. The molecule has 0 fully saturated rings. The molecule has 1 heterocycles. The number of amides is 1. The van der Waals surface area contributed by atoms with Gasteiger partial charge < -0.3 is 15.6 Å². The maximum atomic E-state index is 12.2. The number of aromatic nitrogens is 1. The number of hydrogen-bond donors (Lipinski definition) is 2. The third-order valence-electron chi connectivity index (χ3n) is 4.21. The van der Waals surface area contributed by atoms with Crippen molar-refractivity contribution in [3.05, 3.63) is 57.5 Å². The molecular formula is C20H27N3O2. The van der Waals surface area contributed by atoms with Crippen molar-refractivity contribution in [2.24, 2.45) is 5.73 Å². The SMILES string of the molecule is Cc1cc(-n2ccc(=O)c(NC(=O)[C@@H](C)N)c2C)cc(C(C)(C)C)c1. The van der Waals surface area contributed by atoms with Gasteiger partial charge in [0.1, 0.15) is 5.69 Å². The third kappa shape index (κ3) is 4.17. The predicted molar refractivity (Wildman–Crippen MR) is 102 cm³/mol. The van der Waals surface area contributed by atoms with Gasteiger partial charge in [-0.1, -0.05) is 26.8 Å². The van der Waals surface area contributed by atoms with E-state index in [1.807, 2.05) is 11.5 Å². The van der Waals surface area contributed by atoms with Crippen molar-refractivity contribution in [3.63, 3.8) is 0 Å². The molecule has 0 aliphatic heterocycles. The summed E-state index contributed by atoms with van der Waals surface area (Å²) in [6.07, 6.45) is 1.74. The smallest absolute Gasteiger partial charge is 0.241 e. The molecule has 2 aromatic rings. The van der Waals surface area contributed by atoms with E-state index in [1.165, 1.54) is 11.6 Å². The van der Waals surface area contributed by atoms with Gasteiger partial charge in [-0.15, -0.1) is 0 Å². The van der Waals surface area contributed by atoms with Gasteiger partial charge in [0.05, 0.1) is 6.04 Å². The lowest BCUT2D eigenvalue weighted by Crippen LogP contribution is -2.34. The van der Waals surface area contributed by atoms with E-state index in [9.17, 15) is 9.59 Å². The highest BCUT2D eigenvalue weighted by molar-refractivity contribution is 5.94. The first-order valence-electron chi connectivity index (χ1n) is 8.42. The molecule has 0 spiro atoms. The Balaban J connectivity index is 2.60. The van der Waals surface area contributed by atoms with Crippen molar-refractivity contribution in [3.8, 4) is 5.69 Å². The van der Waals surface area contributed by atoms with Crippen molar-refractivity contribution in [1.82, 2.24) is 4.57 Å². The first kappa shape index (κ1) is 18.9. The van der Waals surface area contributed by atoms with Crippen molar-refractivity contribution < 1.29 is 4.79 Å². The minimum atomic E-state index is -0.682. The fraction of sp³-hybridized carbons (Fsp3) is 0.400. The standard InChI is InChI=1S/C20H27N3O2/c1-12-9-15(20(4,5)6)11-16(10-12)23-8-7-17(24)18(14(23)3)22-19(25)13(2)21/h7-11,13H,21H2,1-6H3,(H,22,25)/t13-/m1/s1. The normalized spacial score (nSPS) is 12.8. The Morgan fingerprint density at radius 1 is 1.20 bits per heavy atom. The zero-order chi connectivity index (χ0) is 18.9. The van der Waals surface area contributed by atoms with Crippen molar-refractivity contribution in [2.75, 3.05) is 5.32 Å². The molecule has 25 heavy (non-hydrogen) atoms. The largest absolute Gasteiger partial charge is 0.320 e. The zero-order valence-electron chi connectivity index (χ0n) is 15.8. The van der Waals surface area contributed by atoms with Crippen LogP contribution in [-0.2, 0) is 10.2 Å². The maximum absolute atomic E-state index is 12.2. The number of nitrogens with one attached hydrogen (secondary N) is 1. The van der Waals surface area contributed by atoms with Crippen LogP contribution < -0.4 is 16.5 Å². The number of nitrogens with zero attached hydrogens (tertiary/aromatic N) is 1. The summed E-state index contributed by atoms with van der Waals surface area (Å²) in [5.74, 6) is -0.377. The van der Waals surface area contributed by atoms with Crippen LogP contribution in [0.3, 0.4) is 0 Å². The summed E-state index contributed by atoms with van der Waals surface area (Å²) >= 11 is 0. The summed E-state index contributed by atoms with van der Waals surface area (Å²) in [5, 5.41) is 2.65. The Labute approximate surface area is 148 Å². The Hall–Kier alpha value is -2.40. The predicted octanol–water partition coefficient (Wildman–Crippen LogP) is 3.04. The molecule has 5 heteroatoms. The minimum absolute atomic E-state index is 0.0136. The van der Waals surface area contributed by atoms with E-state index in [1.54, 1.807) is 13.1 Å². The van der Waals surface area contributed by atoms with Crippen LogP contribution in [0.4, 0.5) is 5.69 Å². The molecule has 0 saturated carbocycles. The lowest BCUT2D eigenvalue weighted by molar-refractivity contribution is -0.117. The van der Waals surface area contributed by atoms with Crippen LogP contribution in [0.5, 0.6) is 0 Å². The summed E-state index contributed by atoms with van der Waals surface area (Å²) in [6, 6.07) is 7.12. The van der Waals surface area contributed by atoms with E-state index in [0.29, 0.717) is 5.69 Å². The fourth-order valence-corrected chi connectivity index (χ4v) is 2.64. The van der Waals surface area contributed by atoms with Gasteiger partial charge in [-0.25, -0.2) is 0 Å². The number of carbonyl (C=O) groups excluding carboxylic acids is 1. The van der Waals surface area contributed by atoms with Crippen LogP contribution in [0.25, 0.3) is 5.69 Å². The highest BCUT2D eigenvalue weighted by atomic mass is 16.2. The Bertz CT molecular complexity index is 858. The number of aryl methyl sites for hydroxylation is 1. The van der Waals surface area contributed by atoms with Gasteiger partial charge in [-0.3, -0.25) is 9.59 Å². The van der Waals surface area contributed by atoms with Gasteiger partial charge in [-0.2, -0.15) is 0 Å². The molecule has 2 rings (SSSR count). The average molecular weight is 341 g/mol. The van der Waals surface area contributed by atoms with E-state index in [-0.39, 0.29) is 22.4 Å².